The van der Waals surface area contributed by atoms with Gasteiger partial charge in [-0.2, -0.15) is 13.2 Å². The van der Waals surface area contributed by atoms with E-state index in [1.54, 1.807) is 30.5 Å². The molecule has 0 bridgehead atoms. The molecule has 4 aromatic rings. The Labute approximate surface area is 232 Å². The molecule has 2 aromatic heterocycles. The Morgan fingerprint density at radius 3 is 2.48 bits per heavy atom. The van der Waals surface area contributed by atoms with Gasteiger partial charge in [0.05, 0.1) is 4.88 Å². The highest BCUT2D eigenvalue weighted by atomic mass is 32.1. The Balaban J connectivity index is 1.27. The molecule has 1 amide bonds. The summed E-state index contributed by atoms with van der Waals surface area (Å²) in [6.07, 6.45) is -0.123. The summed E-state index contributed by atoms with van der Waals surface area (Å²) in [5.41, 5.74) is 0.563. The second-order valence-electron chi connectivity index (χ2n) is 9.85. The Kier molecular flexibility index (Phi) is 7.47. The highest BCUT2D eigenvalue weighted by Gasteiger charge is 2.39. The molecule has 12 heteroatoms. The quantitative estimate of drug-likeness (QED) is 0.199. The number of phenolic OH excluding ortho intramolecular Hbond substituents is 1. The third-order valence-electron chi connectivity index (χ3n) is 6.79. The van der Waals surface area contributed by atoms with E-state index in [0.29, 0.717) is 42.1 Å². The lowest BCUT2D eigenvalue weighted by Gasteiger charge is -2.33. The number of halogens is 3. The van der Waals surface area contributed by atoms with Gasteiger partial charge in [0.25, 0.3) is 0 Å². The van der Waals surface area contributed by atoms with Gasteiger partial charge in [-0.05, 0) is 86.2 Å². The Bertz CT molecular complexity index is 1520. The van der Waals surface area contributed by atoms with Crippen molar-refractivity contribution in [1.29, 1.82) is 0 Å². The average Bonchev–Trinajstić information content (AvgIpc) is 3.41. The van der Waals surface area contributed by atoms with Gasteiger partial charge in [0, 0.05) is 29.7 Å². The van der Waals surface area contributed by atoms with Crippen LogP contribution < -0.4 is 10.6 Å². The van der Waals surface area contributed by atoms with E-state index >= 15 is 0 Å². The summed E-state index contributed by atoms with van der Waals surface area (Å²) >= 11 is 1.34. The minimum Gasteiger partial charge on any atom is -0.508 e. The lowest BCUT2D eigenvalue weighted by atomic mass is 9.78. The smallest absolute Gasteiger partial charge is 0.433 e. The third-order valence-corrected chi connectivity index (χ3v) is 8.03. The molecular weight excluding hydrogens is 543 g/mol. The first kappa shape index (κ1) is 27.5. The van der Waals surface area contributed by atoms with Crippen molar-refractivity contribution in [1.82, 2.24) is 15.0 Å². The van der Waals surface area contributed by atoms with Gasteiger partial charge < -0.3 is 20.8 Å². The lowest BCUT2D eigenvalue weighted by Crippen LogP contribution is -2.35. The predicted octanol–water partition coefficient (Wildman–Crippen LogP) is 6.39. The second-order valence-corrected chi connectivity index (χ2v) is 10.9. The van der Waals surface area contributed by atoms with Gasteiger partial charge in [0.15, 0.2) is 0 Å². The highest BCUT2D eigenvalue weighted by molar-refractivity contribution is 7.15. The van der Waals surface area contributed by atoms with Gasteiger partial charge in [-0.3, -0.25) is 4.79 Å². The minimum atomic E-state index is -4.58. The van der Waals surface area contributed by atoms with Crippen molar-refractivity contribution >= 4 is 34.6 Å². The normalized spacial score (nSPS) is 19.3. The number of carbonyl (C=O) groups excluding carboxylic acids is 1. The first-order chi connectivity index (χ1) is 19.0. The van der Waals surface area contributed by atoms with E-state index in [4.69, 9.17) is 0 Å². The number of nitrogens with zero attached hydrogens (tertiary/aromatic N) is 3. The van der Waals surface area contributed by atoms with Crippen molar-refractivity contribution in [2.24, 2.45) is 5.92 Å². The fourth-order valence-electron chi connectivity index (χ4n) is 4.69. The Morgan fingerprint density at radius 2 is 1.77 bits per heavy atom. The molecule has 1 saturated carbocycles. The first-order valence-corrected chi connectivity index (χ1v) is 13.4. The number of rotatable bonds is 6. The largest absolute Gasteiger partial charge is 0.508 e. The molecule has 0 unspecified atom stereocenters. The zero-order valence-electron chi connectivity index (χ0n) is 21.4. The molecule has 0 spiro atoms. The van der Waals surface area contributed by atoms with E-state index in [0.717, 1.165) is 28.3 Å². The average molecular weight is 570 g/mol. The van der Waals surface area contributed by atoms with Crippen molar-refractivity contribution in [3.8, 4) is 16.2 Å². The van der Waals surface area contributed by atoms with Crippen LogP contribution in [0.3, 0.4) is 0 Å². The van der Waals surface area contributed by atoms with Crippen LogP contribution in [-0.2, 0) is 16.6 Å². The number of carbonyl (C=O) groups is 1. The molecule has 208 valence electrons. The number of aryl methyl sites for hydroxylation is 1. The van der Waals surface area contributed by atoms with Crippen LogP contribution in [0.5, 0.6) is 5.75 Å². The molecule has 4 N–H and O–H groups in total. The van der Waals surface area contributed by atoms with E-state index < -0.39 is 17.5 Å². The number of hydrogen-bond acceptors (Lipinski definition) is 8. The SMILES string of the molecule is Cc1cc(Nc2nccc(C(F)(F)F)n2)cc(-c2cnc(C3(O)CCC(C(=O)Nc4ccc(O)cc4)CC3)s2)c1. The zero-order chi connectivity index (χ0) is 28.5. The maximum Gasteiger partial charge on any atom is 0.433 e. The van der Waals surface area contributed by atoms with E-state index in [9.17, 15) is 28.2 Å². The van der Waals surface area contributed by atoms with Crippen molar-refractivity contribution in [3.63, 3.8) is 0 Å². The lowest BCUT2D eigenvalue weighted by molar-refractivity contribution is -0.141. The van der Waals surface area contributed by atoms with Gasteiger partial charge in [0.2, 0.25) is 11.9 Å². The van der Waals surface area contributed by atoms with Crippen LogP contribution in [0.25, 0.3) is 10.4 Å². The fraction of sp³-hybridized carbons (Fsp3) is 0.286. The van der Waals surface area contributed by atoms with Crippen LogP contribution in [0.1, 0.15) is 41.9 Å². The number of amides is 1. The molecular formula is C28H26F3N5O3S. The molecule has 0 aliphatic heterocycles. The van der Waals surface area contributed by atoms with Gasteiger partial charge >= 0.3 is 6.18 Å². The van der Waals surface area contributed by atoms with Gasteiger partial charge in [-0.1, -0.05) is 6.07 Å². The summed E-state index contributed by atoms with van der Waals surface area (Å²) < 4.78 is 39.1. The zero-order valence-corrected chi connectivity index (χ0v) is 22.2. The molecule has 2 heterocycles. The topological polar surface area (TPSA) is 120 Å². The van der Waals surface area contributed by atoms with E-state index in [1.807, 2.05) is 13.0 Å². The Hall–Kier alpha value is -4.03. The number of anilines is 3. The fourth-order valence-corrected chi connectivity index (χ4v) is 5.74. The molecule has 1 aliphatic carbocycles. The predicted molar refractivity (Wildman–Crippen MR) is 145 cm³/mol. The number of thiazole rings is 1. The van der Waals surface area contributed by atoms with Crippen molar-refractivity contribution in [2.45, 2.75) is 44.4 Å². The number of alkyl halides is 3. The molecule has 0 radical (unpaired) electrons. The summed E-state index contributed by atoms with van der Waals surface area (Å²) in [6, 6.07) is 12.5. The Morgan fingerprint density at radius 1 is 1.05 bits per heavy atom. The number of aromatic nitrogens is 3. The molecule has 40 heavy (non-hydrogen) atoms. The van der Waals surface area contributed by atoms with E-state index in [1.165, 1.54) is 23.5 Å². The number of aliphatic hydroxyl groups is 1. The monoisotopic (exact) mass is 569 g/mol. The standard InChI is InChI=1S/C28H26F3N5O3S/c1-16-12-18(14-20(13-16)35-26-32-11-8-23(36-26)28(29,30)31)22-15-33-25(40-22)27(39)9-6-17(7-10-27)24(38)34-19-2-4-21(37)5-3-19/h2-5,8,11-15,17,37,39H,6-7,9-10H2,1H3,(H,34,38)(H,32,35,36). The molecule has 0 saturated heterocycles. The summed E-state index contributed by atoms with van der Waals surface area (Å²) in [7, 11) is 0. The van der Waals surface area contributed by atoms with E-state index in [-0.39, 0.29) is 23.5 Å². The van der Waals surface area contributed by atoms with Crippen LogP contribution in [0.2, 0.25) is 0 Å². The first-order valence-electron chi connectivity index (χ1n) is 12.6. The molecule has 1 fully saturated rings. The van der Waals surface area contributed by atoms with Crippen LogP contribution in [-0.4, -0.2) is 31.1 Å². The van der Waals surface area contributed by atoms with Crippen LogP contribution in [0.15, 0.2) is 60.9 Å². The summed E-state index contributed by atoms with van der Waals surface area (Å²) in [6.45, 7) is 1.86. The van der Waals surface area contributed by atoms with Crippen molar-refractivity contribution < 1.29 is 28.2 Å². The van der Waals surface area contributed by atoms with Crippen LogP contribution in [0, 0.1) is 12.8 Å². The maximum atomic E-state index is 13.0. The maximum absolute atomic E-state index is 13.0. The van der Waals surface area contributed by atoms with Gasteiger partial charge in [-0.25, -0.2) is 15.0 Å². The molecule has 0 atom stereocenters. The summed E-state index contributed by atoms with van der Waals surface area (Å²) in [5, 5.41) is 27.0. The number of hydrogen-bond donors (Lipinski definition) is 4. The highest BCUT2D eigenvalue weighted by Crippen LogP contribution is 2.43. The second kappa shape index (κ2) is 10.9. The summed E-state index contributed by atoms with van der Waals surface area (Å²) in [5.74, 6) is -0.433. The van der Waals surface area contributed by atoms with Crippen molar-refractivity contribution in [3.05, 3.63) is 77.2 Å². The van der Waals surface area contributed by atoms with Crippen LogP contribution >= 0.6 is 11.3 Å². The molecule has 2 aromatic carbocycles. The minimum absolute atomic E-state index is 0.117. The number of phenols is 1. The van der Waals surface area contributed by atoms with Gasteiger partial charge in [-0.15, -0.1) is 11.3 Å². The van der Waals surface area contributed by atoms with Crippen molar-refractivity contribution in [2.75, 3.05) is 10.6 Å². The van der Waals surface area contributed by atoms with Gasteiger partial charge in [0.1, 0.15) is 22.1 Å². The van der Waals surface area contributed by atoms with Crippen LogP contribution in [0.4, 0.5) is 30.5 Å². The van der Waals surface area contributed by atoms with E-state index in [2.05, 4.69) is 25.6 Å². The number of nitrogens with one attached hydrogen (secondary N) is 2. The molecule has 8 nitrogen and oxygen atoms in total. The molecule has 1 aliphatic rings. The third kappa shape index (κ3) is 6.23. The molecule has 5 rings (SSSR count). The number of benzene rings is 2. The summed E-state index contributed by atoms with van der Waals surface area (Å²) in [4.78, 5) is 25.4. The number of aromatic hydroxyl groups is 1.